The monoisotopic (exact) mass is 172 g/mol. The van der Waals surface area contributed by atoms with E-state index in [4.69, 9.17) is 0 Å². The summed E-state index contributed by atoms with van der Waals surface area (Å²) in [4.78, 5) is 0. The van der Waals surface area contributed by atoms with E-state index in [-0.39, 0.29) is 0 Å². The molecular formula is C13H16. The summed E-state index contributed by atoms with van der Waals surface area (Å²) in [5.41, 5.74) is 1.99. The molecule has 0 aromatic rings. The Labute approximate surface area is 81.0 Å². The second-order valence-corrected chi connectivity index (χ2v) is 2.73. The third kappa shape index (κ3) is 8.35. The van der Waals surface area contributed by atoms with E-state index in [0.717, 1.165) is 11.1 Å². The lowest BCUT2D eigenvalue weighted by Crippen LogP contribution is -1.65. The summed E-state index contributed by atoms with van der Waals surface area (Å²) in [5.74, 6) is 0. The minimum absolute atomic E-state index is 0.950. The van der Waals surface area contributed by atoms with E-state index in [0.29, 0.717) is 0 Å². The molecule has 0 N–H and O–H groups in total. The fraction of sp³-hybridized carbons (Fsp3) is 0.0769. The summed E-state index contributed by atoms with van der Waals surface area (Å²) in [6.07, 6.45) is 13.2. The molecule has 0 heteroatoms. The Morgan fingerprint density at radius 1 is 0.923 bits per heavy atom. The molecule has 0 fully saturated rings. The molecule has 0 nitrogen and oxygen atoms in total. The van der Waals surface area contributed by atoms with Crippen LogP contribution in [0.1, 0.15) is 6.92 Å². The van der Waals surface area contributed by atoms with Crippen LogP contribution in [0.4, 0.5) is 0 Å². The van der Waals surface area contributed by atoms with Gasteiger partial charge in [0.2, 0.25) is 0 Å². The van der Waals surface area contributed by atoms with Gasteiger partial charge in [0.15, 0.2) is 0 Å². The molecule has 0 saturated carbocycles. The second kappa shape index (κ2) is 7.11. The fourth-order valence-corrected chi connectivity index (χ4v) is 0.646. The van der Waals surface area contributed by atoms with Crippen LogP contribution >= 0.6 is 0 Å². The van der Waals surface area contributed by atoms with Crippen molar-refractivity contribution in [1.82, 2.24) is 0 Å². The SMILES string of the molecule is C=C/C=C\C(=C)/C=C\C=C/C(=C)C. The summed E-state index contributed by atoms with van der Waals surface area (Å²) >= 11 is 0. The smallest absolute Gasteiger partial charge is 0.0329 e. The maximum atomic E-state index is 3.83. The van der Waals surface area contributed by atoms with Crippen LogP contribution in [0.2, 0.25) is 0 Å². The largest absolute Gasteiger partial charge is 0.0991 e. The van der Waals surface area contributed by atoms with Crippen LogP contribution in [0, 0.1) is 0 Å². The lowest BCUT2D eigenvalue weighted by molar-refractivity contribution is 1.56. The molecule has 0 radical (unpaired) electrons. The minimum Gasteiger partial charge on any atom is -0.0991 e. The van der Waals surface area contributed by atoms with Crippen LogP contribution in [-0.2, 0) is 0 Å². The molecule has 13 heavy (non-hydrogen) atoms. The molecule has 68 valence electrons. The maximum absolute atomic E-state index is 3.83. The van der Waals surface area contributed by atoms with E-state index in [9.17, 15) is 0 Å². The molecule has 0 amide bonds. The molecule has 0 atom stereocenters. The molecule has 0 aromatic carbocycles. The van der Waals surface area contributed by atoms with Gasteiger partial charge in [-0.15, -0.1) is 0 Å². The number of rotatable bonds is 5. The van der Waals surface area contributed by atoms with Gasteiger partial charge in [0.25, 0.3) is 0 Å². The zero-order chi connectivity index (χ0) is 10.1. The van der Waals surface area contributed by atoms with Gasteiger partial charge in [-0.1, -0.05) is 67.8 Å². The van der Waals surface area contributed by atoms with Gasteiger partial charge >= 0.3 is 0 Å². The average molecular weight is 172 g/mol. The highest BCUT2D eigenvalue weighted by molar-refractivity contribution is 5.31. The van der Waals surface area contributed by atoms with Crippen molar-refractivity contribution in [2.75, 3.05) is 0 Å². The highest BCUT2D eigenvalue weighted by Crippen LogP contribution is 1.96. The summed E-state index contributed by atoms with van der Waals surface area (Å²) in [5, 5.41) is 0. The van der Waals surface area contributed by atoms with E-state index in [1.54, 1.807) is 6.08 Å². The van der Waals surface area contributed by atoms with Gasteiger partial charge in [0, 0.05) is 0 Å². The average Bonchev–Trinajstić information content (AvgIpc) is 2.08. The fourth-order valence-electron chi connectivity index (χ4n) is 0.646. The zero-order valence-electron chi connectivity index (χ0n) is 8.16. The minimum atomic E-state index is 0.950. The third-order valence-corrected chi connectivity index (χ3v) is 1.25. The molecule has 0 unspecified atom stereocenters. The topological polar surface area (TPSA) is 0 Å². The van der Waals surface area contributed by atoms with E-state index in [1.807, 2.05) is 43.4 Å². The van der Waals surface area contributed by atoms with Gasteiger partial charge in [-0.05, 0) is 12.5 Å². The summed E-state index contributed by atoms with van der Waals surface area (Å²) in [6, 6.07) is 0. The van der Waals surface area contributed by atoms with Gasteiger partial charge in [-0.2, -0.15) is 0 Å². The molecule has 0 aliphatic carbocycles. The standard InChI is InChI=1S/C13H16/c1-5-6-10-13(4)11-8-7-9-12(2)3/h5-11H,1-2,4H2,3H3/b9-7-,10-6-,11-8-. The molecule has 0 bridgehead atoms. The van der Waals surface area contributed by atoms with E-state index < -0.39 is 0 Å². The molecule has 0 aliphatic heterocycles. The first-order valence-electron chi connectivity index (χ1n) is 4.15. The molecule has 0 spiro atoms. The van der Waals surface area contributed by atoms with Crippen molar-refractivity contribution in [3.63, 3.8) is 0 Å². The quantitative estimate of drug-likeness (QED) is 0.550. The molecule has 0 saturated heterocycles. The Morgan fingerprint density at radius 3 is 2.00 bits per heavy atom. The van der Waals surface area contributed by atoms with Gasteiger partial charge in [0.05, 0.1) is 0 Å². The first-order valence-corrected chi connectivity index (χ1v) is 4.15. The van der Waals surface area contributed by atoms with Crippen molar-refractivity contribution in [1.29, 1.82) is 0 Å². The zero-order valence-corrected chi connectivity index (χ0v) is 8.16. The predicted octanol–water partition coefficient (Wildman–Crippen LogP) is 3.97. The first kappa shape index (κ1) is 11.4. The van der Waals surface area contributed by atoms with Crippen molar-refractivity contribution in [2.45, 2.75) is 6.92 Å². The van der Waals surface area contributed by atoms with Crippen LogP contribution in [0.3, 0.4) is 0 Å². The Balaban J connectivity index is 3.98. The Hall–Kier alpha value is -1.56. The van der Waals surface area contributed by atoms with Crippen LogP contribution < -0.4 is 0 Å². The molecule has 0 aromatic heterocycles. The Morgan fingerprint density at radius 2 is 1.46 bits per heavy atom. The highest BCUT2D eigenvalue weighted by atomic mass is 13.8. The number of allylic oxidation sites excluding steroid dienone is 9. The van der Waals surface area contributed by atoms with E-state index >= 15 is 0 Å². The van der Waals surface area contributed by atoms with E-state index in [2.05, 4.69) is 19.7 Å². The van der Waals surface area contributed by atoms with Gasteiger partial charge in [0.1, 0.15) is 0 Å². The first-order chi connectivity index (χ1) is 6.16. The summed E-state index contributed by atoms with van der Waals surface area (Å²) < 4.78 is 0. The second-order valence-electron chi connectivity index (χ2n) is 2.73. The number of hydrogen-bond donors (Lipinski definition) is 0. The van der Waals surface area contributed by atoms with Crippen molar-refractivity contribution in [3.8, 4) is 0 Å². The summed E-state index contributed by atoms with van der Waals surface area (Å²) in [7, 11) is 0. The molecule has 0 rings (SSSR count). The van der Waals surface area contributed by atoms with Gasteiger partial charge in [-0.3, -0.25) is 0 Å². The molecular weight excluding hydrogens is 156 g/mol. The van der Waals surface area contributed by atoms with Crippen LogP contribution in [0.5, 0.6) is 0 Å². The van der Waals surface area contributed by atoms with Crippen molar-refractivity contribution in [2.24, 2.45) is 0 Å². The van der Waals surface area contributed by atoms with E-state index in [1.165, 1.54) is 0 Å². The maximum Gasteiger partial charge on any atom is -0.0329 e. The van der Waals surface area contributed by atoms with Crippen LogP contribution in [-0.4, -0.2) is 0 Å². The number of hydrogen-bond acceptors (Lipinski definition) is 0. The Kier molecular flexibility index (Phi) is 6.26. The lowest BCUT2D eigenvalue weighted by Gasteiger charge is -1.85. The molecule has 0 aliphatic rings. The van der Waals surface area contributed by atoms with Crippen molar-refractivity contribution in [3.05, 3.63) is 73.4 Å². The normalized spacial score (nSPS) is 11.5. The Bertz CT molecular complexity index is 272. The van der Waals surface area contributed by atoms with Crippen molar-refractivity contribution >= 4 is 0 Å². The predicted molar refractivity (Wildman–Crippen MR) is 61.6 cm³/mol. The lowest BCUT2D eigenvalue weighted by atomic mass is 10.2. The van der Waals surface area contributed by atoms with Crippen LogP contribution in [0.15, 0.2) is 73.4 Å². The summed E-state index contributed by atoms with van der Waals surface area (Å²) in [6.45, 7) is 13.1. The van der Waals surface area contributed by atoms with Crippen molar-refractivity contribution < 1.29 is 0 Å². The van der Waals surface area contributed by atoms with Gasteiger partial charge in [-0.25, -0.2) is 0 Å². The molecule has 0 heterocycles. The van der Waals surface area contributed by atoms with Crippen LogP contribution in [0.25, 0.3) is 0 Å². The highest BCUT2D eigenvalue weighted by Gasteiger charge is 1.76. The van der Waals surface area contributed by atoms with Gasteiger partial charge < -0.3 is 0 Å². The third-order valence-electron chi connectivity index (χ3n) is 1.25.